The van der Waals surface area contributed by atoms with Gasteiger partial charge in [0.15, 0.2) is 5.76 Å². The smallest absolute Gasteiger partial charge is 0.339 e. The summed E-state index contributed by atoms with van der Waals surface area (Å²) in [6, 6.07) is 14.6. The quantitative estimate of drug-likeness (QED) is 0.336. The fourth-order valence-electron chi connectivity index (χ4n) is 2.75. The zero-order valence-corrected chi connectivity index (χ0v) is 18.0. The van der Waals surface area contributed by atoms with Gasteiger partial charge in [-0.05, 0) is 60.2 Å². The van der Waals surface area contributed by atoms with E-state index < -0.39 is 10.1 Å². The summed E-state index contributed by atoms with van der Waals surface area (Å²) in [4.78, 5) is 12.5. The number of benzene rings is 3. The summed E-state index contributed by atoms with van der Waals surface area (Å²) in [6.07, 6.45) is 1.49. The molecule has 5 nitrogen and oxygen atoms in total. The second-order valence-electron chi connectivity index (χ2n) is 6.25. The molecule has 0 aromatic heterocycles. The largest absolute Gasteiger partial charge is 0.452 e. The standard InChI is InChI=1S/C21H11Cl3O5S/c22-13-3-6-16(7-4-13)30(26,27)29-15-5-8-17-19(11-15)28-20(21(17)25)9-12-1-2-14(23)10-18(12)24/h1-11H/b20-9-. The third-order valence-electron chi connectivity index (χ3n) is 4.20. The van der Waals surface area contributed by atoms with Crippen LogP contribution in [0.25, 0.3) is 6.08 Å². The van der Waals surface area contributed by atoms with Crippen molar-refractivity contribution in [3.8, 4) is 11.5 Å². The minimum absolute atomic E-state index is 0.00211. The normalized spacial score (nSPS) is 14.5. The SMILES string of the molecule is O=C1/C(=C/c2ccc(Cl)cc2Cl)Oc2cc(OS(=O)(=O)c3ccc(Cl)cc3)ccc21. The van der Waals surface area contributed by atoms with Gasteiger partial charge in [-0.15, -0.1) is 0 Å². The van der Waals surface area contributed by atoms with Crippen molar-refractivity contribution in [2.24, 2.45) is 0 Å². The van der Waals surface area contributed by atoms with Crippen LogP contribution in [0.15, 0.2) is 71.3 Å². The highest BCUT2D eigenvalue weighted by Gasteiger charge is 2.29. The topological polar surface area (TPSA) is 69.7 Å². The summed E-state index contributed by atoms with van der Waals surface area (Å²) in [6.45, 7) is 0. The molecule has 0 N–H and O–H groups in total. The molecule has 0 aliphatic carbocycles. The molecule has 3 aromatic carbocycles. The summed E-state index contributed by atoms with van der Waals surface area (Å²) in [5, 5.41) is 1.23. The maximum Gasteiger partial charge on any atom is 0.339 e. The zero-order valence-electron chi connectivity index (χ0n) is 14.9. The molecule has 152 valence electrons. The van der Waals surface area contributed by atoms with E-state index in [2.05, 4.69) is 0 Å². The Labute approximate surface area is 187 Å². The van der Waals surface area contributed by atoms with E-state index in [9.17, 15) is 13.2 Å². The highest BCUT2D eigenvalue weighted by Crippen LogP contribution is 2.36. The monoisotopic (exact) mass is 480 g/mol. The molecular formula is C21H11Cl3O5S. The Kier molecular flexibility index (Phi) is 5.51. The minimum Gasteiger partial charge on any atom is -0.452 e. The van der Waals surface area contributed by atoms with Crippen LogP contribution in [-0.2, 0) is 10.1 Å². The lowest BCUT2D eigenvalue weighted by Gasteiger charge is -2.08. The van der Waals surface area contributed by atoms with Gasteiger partial charge in [-0.1, -0.05) is 40.9 Å². The Balaban J connectivity index is 1.60. The third kappa shape index (κ3) is 4.18. The number of ether oxygens (including phenoxy) is 1. The second-order valence-corrected chi connectivity index (χ2v) is 9.08. The second kappa shape index (κ2) is 7.96. The Morgan fingerprint density at radius 2 is 1.57 bits per heavy atom. The van der Waals surface area contributed by atoms with Crippen molar-refractivity contribution < 1.29 is 22.1 Å². The van der Waals surface area contributed by atoms with Crippen LogP contribution >= 0.6 is 34.8 Å². The molecule has 0 amide bonds. The average molecular weight is 482 g/mol. The van der Waals surface area contributed by atoms with Crippen molar-refractivity contribution in [2.45, 2.75) is 4.90 Å². The minimum atomic E-state index is -4.08. The molecule has 1 aliphatic rings. The highest BCUT2D eigenvalue weighted by atomic mass is 35.5. The first-order valence-electron chi connectivity index (χ1n) is 8.46. The zero-order chi connectivity index (χ0) is 21.5. The summed E-state index contributed by atoms with van der Waals surface area (Å²) >= 11 is 17.8. The van der Waals surface area contributed by atoms with Crippen LogP contribution in [0.3, 0.4) is 0 Å². The molecule has 0 atom stereocenters. The number of ketones is 1. The van der Waals surface area contributed by atoms with Gasteiger partial charge in [0.05, 0.1) is 5.56 Å². The summed E-state index contributed by atoms with van der Waals surface area (Å²) in [5.74, 6) is -0.127. The number of Topliss-reactive ketones (excluding diaryl/α,β-unsaturated/α-hetero) is 1. The maximum atomic E-state index is 12.6. The van der Waals surface area contributed by atoms with E-state index in [-0.39, 0.29) is 33.5 Å². The van der Waals surface area contributed by atoms with Crippen molar-refractivity contribution in [1.29, 1.82) is 0 Å². The van der Waals surface area contributed by atoms with Gasteiger partial charge in [-0.3, -0.25) is 4.79 Å². The molecule has 4 rings (SSSR count). The Bertz CT molecular complexity index is 1300. The molecule has 0 radical (unpaired) electrons. The number of carbonyl (C=O) groups is 1. The lowest BCUT2D eigenvalue weighted by molar-refractivity contribution is 0.101. The van der Waals surface area contributed by atoms with E-state index >= 15 is 0 Å². The molecule has 1 heterocycles. The predicted octanol–water partition coefficient (Wildman–Crippen LogP) is 6.03. The molecule has 1 aliphatic heterocycles. The fraction of sp³-hybridized carbons (Fsp3) is 0. The Morgan fingerprint density at radius 1 is 0.867 bits per heavy atom. The van der Waals surface area contributed by atoms with Gasteiger partial charge in [-0.2, -0.15) is 8.42 Å². The van der Waals surface area contributed by atoms with Crippen LogP contribution < -0.4 is 8.92 Å². The first-order chi connectivity index (χ1) is 14.2. The molecule has 0 saturated heterocycles. The van der Waals surface area contributed by atoms with E-state index in [1.807, 2.05) is 0 Å². The van der Waals surface area contributed by atoms with Crippen LogP contribution in [0, 0.1) is 0 Å². The van der Waals surface area contributed by atoms with Crippen LogP contribution in [0.5, 0.6) is 11.5 Å². The number of rotatable bonds is 4. The Hall–Kier alpha value is -2.51. The van der Waals surface area contributed by atoms with E-state index in [4.69, 9.17) is 43.7 Å². The van der Waals surface area contributed by atoms with E-state index in [0.29, 0.717) is 20.6 Å². The van der Waals surface area contributed by atoms with Gasteiger partial charge in [0.1, 0.15) is 16.4 Å². The summed E-state index contributed by atoms with van der Waals surface area (Å²) in [7, 11) is -4.08. The number of hydrogen-bond donors (Lipinski definition) is 0. The van der Waals surface area contributed by atoms with Crippen molar-refractivity contribution in [2.75, 3.05) is 0 Å². The molecule has 0 fully saturated rings. The van der Waals surface area contributed by atoms with Crippen molar-refractivity contribution >= 4 is 56.8 Å². The van der Waals surface area contributed by atoms with E-state index in [0.717, 1.165) is 0 Å². The molecule has 0 spiro atoms. The van der Waals surface area contributed by atoms with Gasteiger partial charge in [0.25, 0.3) is 0 Å². The van der Waals surface area contributed by atoms with Crippen molar-refractivity contribution in [3.63, 3.8) is 0 Å². The van der Waals surface area contributed by atoms with Crippen molar-refractivity contribution in [3.05, 3.63) is 92.6 Å². The molecule has 9 heteroatoms. The summed E-state index contributed by atoms with van der Waals surface area (Å²) in [5.41, 5.74) is 0.835. The van der Waals surface area contributed by atoms with Gasteiger partial charge >= 0.3 is 10.1 Å². The van der Waals surface area contributed by atoms with Gasteiger partial charge in [-0.25, -0.2) is 0 Å². The average Bonchev–Trinajstić information content (AvgIpc) is 2.99. The lowest BCUT2D eigenvalue weighted by atomic mass is 10.1. The van der Waals surface area contributed by atoms with E-state index in [1.165, 1.54) is 48.5 Å². The number of carbonyl (C=O) groups excluding carboxylic acids is 1. The third-order valence-corrected chi connectivity index (χ3v) is 6.27. The first-order valence-corrected chi connectivity index (χ1v) is 11.0. The summed E-state index contributed by atoms with van der Waals surface area (Å²) < 4.78 is 35.6. The highest BCUT2D eigenvalue weighted by molar-refractivity contribution is 7.87. The Morgan fingerprint density at radius 3 is 2.27 bits per heavy atom. The van der Waals surface area contributed by atoms with Crippen LogP contribution in [0.4, 0.5) is 0 Å². The van der Waals surface area contributed by atoms with E-state index in [1.54, 1.807) is 18.2 Å². The van der Waals surface area contributed by atoms with Gasteiger partial charge in [0, 0.05) is 21.1 Å². The fourth-order valence-corrected chi connectivity index (χ4v) is 4.27. The van der Waals surface area contributed by atoms with Gasteiger partial charge < -0.3 is 8.92 Å². The lowest BCUT2D eigenvalue weighted by Crippen LogP contribution is -2.09. The molecule has 0 bridgehead atoms. The molecule has 0 saturated carbocycles. The van der Waals surface area contributed by atoms with Crippen LogP contribution in [0.1, 0.15) is 15.9 Å². The number of halogens is 3. The van der Waals surface area contributed by atoms with Crippen LogP contribution in [-0.4, -0.2) is 14.2 Å². The van der Waals surface area contributed by atoms with Crippen molar-refractivity contribution in [1.82, 2.24) is 0 Å². The molecule has 0 unspecified atom stereocenters. The number of hydrogen-bond acceptors (Lipinski definition) is 5. The molecule has 30 heavy (non-hydrogen) atoms. The molecule has 3 aromatic rings. The van der Waals surface area contributed by atoms with Gasteiger partial charge in [0.2, 0.25) is 5.78 Å². The maximum absolute atomic E-state index is 12.6. The number of fused-ring (bicyclic) bond motifs is 1. The van der Waals surface area contributed by atoms with Crippen LogP contribution in [0.2, 0.25) is 15.1 Å². The number of allylic oxidation sites excluding steroid dienone is 1. The predicted molar refractivity (Wildman–Crippen MR) is 115 cm³/mol. The first kappa shape index (κ1) is 20.8. The molecular weight excluding hydrogens is 471 g/mol.